The summed E-state index contributed by atoms with van der Waals surface area (Å²) in [6, 6.07) is 1.91. The zero-order valence-electron chi connectivity index (χ0n) is 11.0. The van der Waals surface area contributed by atoms with Crippen LogP contribution in [0.15, 0.2) is 16.8 Å². The lowest BCUT2D eigenvalue weighted by molar-refractivity contribution is 0.0141. The van der Waals surface area contributed by atoms with Gasteiger partial charge in [-0.15, -0.1) is 0 Å². The van der Waals surface area contributed by atoms with Gasteiger partial charge in [-0.05, 0) is 49.6 Å². The summed E-state index contributed by atoms with van der Waals surface area (Å²) in [5.41, 5.74) is -0.532. The van der Waals surface area contributed by atoms with Gasteiger partial charge in [0.05, 0.1) is 6.54 Å². The van der Waals surface area contributed by atoms with E-state index < -0.39 is 11.2 Å². The van der Waals surface area contributed by atoms with Crippen molar-refractivity contribution >= 4 is 17.4 Å². The molecule has 1 aliphatic heterocycles. The number of carbonyl (C=O) groups excluding carboxylic acids is 1. The monoisotopic (exact) mass is 269 g/mol. The molecule has 0 aromatic carbocycles. The number of carbonyl (C=O) groups is 1. The van der Waals surface area contributed by atoms with Crippen LogP contribution in [0.1, 0.15) is 32.8 Å². The van der Waals surface area contributed by atoms with E-state index in [-0.39, 0.29) is 6.09 Å². The molecule has 5 heteroatoms. The van der Waals surface area contributed by atoms with E-state index in [0.717, 1.165) is 5.56 Å². The number of ether oxygens (including phenoxy) is 1. The van der Waals surface area contributed by atoms with Crippen molar-refractivity contribution in [2.24, 2.45) is 0 Å². The first-order valence-corrected chi connectivity index (χ1v) is 6.97. The maximum absolute atomic E-state index is 11.9. The molecule has 1 aromatic rings. The molecule has 1 saturated heterocycles. The van der Waals surface area contributed by atoms with Crippen LogP contribution in [0.2, 0.25) is 0 Å². The van der Waals surface area contributed by atoms with Gasteiger partial charge < -0.3 is 14.7 Å². The summed E-state index contributed by atoms with van der Waals surface area (Å²) < 4.78 is 5.31. The number of nitrogens with zero attached hydrogens (tertiary/aromatic N) is 1. The van der Waals surface area contributed by atoms with Crippen molar-refractivity contribution in [2.75, 3.05) is 13.1 Å². The molecule has 0 radical (unpaired) electrons. The third-order valence-electron chi connectivity index (χ3n) is 2.96. The summed E-state index contributed by atoms with van der Waals surface area (Å²) in [6.07, 6.45) is 0.205. The van der Waals surface area contributed by atoms with E-state index in [9.17, 15) is 9.90 Å². The molecule has 18 heavy (non-hydrogen) atoms. The second-order valence-electron chi connectivity index (χ2n) is 5.70. The third-order valence-corrected chi connectivity index (χ3v) is 3.64. The maximum atomic E-state index is 11.9. The molecule has 1 amide bonds. The van der Waals surface area contributed by atoms with E-state index in [1.54, 1.807) is 16.2 Å². The fourth-order valence-electron chi connectivity index (χ4n) is 2.04. The number of aliphatic hydroxyl groups is 1. The molecular formula is C13H19NO3S. The van der Waals surface area contributed by atoms with E-state index in [4.69, 9.17) is 4.74 Å². The van der Waals surface area contributed by atoms with Gasteiger partial charge in [-0.2, -0.15) is 11.3 Å². The van der Waals surface area contributed by atoms with Crippen LogP contribution in [-0.2, 0) is 10.3 Å². The maximum Gasteiger partial charge on any atom is 0.410 e. The Labute approximate surface area is 111 Å². The Kier molecular flexibility index (Phi) is 3.38. The number of rotatable bonds is 1. The highest BCUT2D eigenvalue weighted by Gasteiger charge is 2.41. The van der Waals surface area contributed by atoms with Gasteiger partial charge in [-0.1, -0.05) is 0 Å². The van der Waals surface area contributed by atoms with Crippen molar-refractivity contribution in [3.05, 3.63) is 22.4 Å². The lowest BCUT2D eigenvalue weighted by Crippen LogP contribution is -2.38. The van der Waals surface area contributed by atoms with Gasteiger partial charge in [0, 0.05) is 6.54 Å². The Hall–Kier alpha value is -1.07. The molecule has 1 atom stereocenters. The Morgan fingerprint density at radius 3 is 2.83 bits per heavy atom. The number of hydrogen-bond acceptors (Lipinski definition) is 4. The van der Waals surface area contributed by atoms with Crippen molar-refractivity contribution in [3.63, 3.8) is 0 Å². The Bertz CT molecular complexity index is 424. The summed E-state index contributed by atoms with van der Waals surface area (Å²) in [5, 5.41) is 14.4. The molecule has 0 saturated carbocycles. The second-order valence-corrected chi connectivity index (χ2v) is 6.48. The number of hydrogen-bond donors (Lipinski definition) is 1. The van der Waals surface area contributed by atoms with E-state index in [1.807, 2.05) is 37.6 Å². The van der Waals surface area contributed by atoms with Crippen molar-refractivity contribution in [3.8, 4) is 0 Å². The molecule has 1 fully saturated rings. The highest BCUT2D eigenvalue weighted by molar-refractivity contribution is 7.08. The van der Waals surface area contributed by atoms with Gasteiger partial charge in [-0.25, -0.2) is 4.79 Å². The Balaban J connectivity index is 2.02. The van der Waals surface area contributed by atoms with Crippen LogP contribution >= 0.6 is 11.3 Å². The average Bonchev–Trinajstić information content (AvgIpc) is 2.83. The van der Waals surface area contributed by atoms with Gasteiger partial charge in [0.2, 0.25) is 0 Å². The lowest BCUT2D eigenvalue weighted by atomic mass is 9.96. The topological polar surface area (TPSA) is 49.8 Å². The van der Waals surface area contributed by atoms with Crippen LogP contribution in [0.4, 0.5) is 4.79 Å². The molecule has 2 rings (SSSR count). The fourth-order valence-corrected chi connectivity index (χ4v) is 2.79. The molecule has 2 heterocycles. The average molecular weight is 269 g/mol. The van der Waals surface area contributed by atoms with Crippen molar-refractivity contribution in [1.29, 1.82) is 0 Å². The number of amides is 1. The normalized spacial score (nSPS) is 24.3. The molecular weight excluding hydrogens is 250 g/mol. The first-order valence-electron chi connectivity index (χ1n) is 6.03. The minimum absolute atomic E-state index is 0.304. The molecule has 100 valence electrons. The van der Waals surface area contributed by atoms with Crippen molar-refractivity contribution in [2.45, 2.75) is 38.4 Å². The standard InChI is InChI=1S/C13H19NO3S/c1-12(2,3)17-11(15)14-6-5-13(16,9-14)10-4-7-18-8-10/h4,7-8,16H,5-6,9H2,1-3H3. The van der Waals surface area contributed by atoms with E-state index in [1.165, 1.54) is 0 Å². The summed E-state index contributed by atoms with van der Waals surface area (Å²) >= 11 is 1.55. The van der Waals surface area contributed by atoms with E-state index in [2.05, 4.69) is 0 Å². The molecule has 0 spiro atoms. The first kappa shape index (κ1) is 13.4. The zero-order valence-corrected chi connectivity index (χ0v) is 11.8. The summed E-state index contributed by atoms with van der Waals surface area (Å²) in [6.45, 7) is 6.35. The Morgan fingerprint density at radius 2 is 2.28 bits per heavy atom. The molecule has 1 unspecified atom stereocenters. The van der Waals surface area contributed by atoms with Crippen molar-refractivity contribution < 1.29 is 14.6 Å². The third kappa shape index (κ3) is 2.84. The van der Waals surface area contributed by atoms with E-state index in [0.29, 0.717) is 19.5 Å². The van der Waals surface area contributed by atoms with Gasteiger partial charge in [-0.3, -0.25) is 0 Å². The molecule has 0 bridgehead atoms. The van der Waals surface area contributed by atoms with Gasteiger partial charge in [0.25, 0.3) is 0 Å². The number of thiophene rings is 1. The minimum atomic E-state index is -0.920. The molecule has 1 aliphatic rings. The molecule has 0 aliphatic carbocycles. The van der Waals surface area contributed by atoms with Crippen molar-refractivity contribution in [1.82, 2.24) is 4.90 Å². The highest BCUT2D eigenvalue weighted by atomic mass is 32.1. The molecule has 1 N–H and O–H groups in total. The van der Waals surface area contributed by atoms with Gasteiger partial charge in [0.15, 0.2) is 0 Å². The molecule has 4 nitrogen and oxygen atoms in total. The minimum Gasteiger partial charge on any atom is -0.444 e. The number of β-amino-alcohol motifs (C(OH)–C–C–N with tert-alkyl or cyclic N) is 1. The summed E-state index contributed by atoms with van der Waals surface area (Å²) in [7, 11) is 0. The van der Waals surface area contributed by atoms with Crippen LogP contribution < -0.4 is 0 Å². The highest BCUT2D eigenvalue weighted by Crippen LogP contribution is 2.33. The number of likely N-dealkylation sites (tertiary alicyclic amines) is 1. The quantitative estimate of drug-likeness (QED) is 0.852. The van der Waals surface area contributed by atoms with Crippen LogP contribution in [0.5, 0.6) is 0 Å². The largest absolute Gasteiger partial charge is 0.444 e. The SMILES string of the molecule is CC(C)(C)OC(=O)N1CCC(O)(c2ccsc2)C1. The lowest BCUT2D eigenvalue weighted by Gasteiger charge is -2.26. The van der Waals surface area contributed by atoms with E-state index >= 15 is 0 Å². The Morgan fingerprint density at radius 1 is 1.56 bits per heavy atom. The van der Waals surface area contributed by atoms with Crippen LogP contribution in [0, 0.1) is 0 Å². The summed E-state index contributed by atoms with van der Waals surface area (Å²) in [5.74, 6) is 0. The predicted octanol–water partition coefficient (Wildman–Crippen LogP) is 2.58. The molecule has 1 aromatic heterocycles. The van der Waals surface area contributed by atoms with Crippen LogP contribution in [-0.4, -0.2) is 34.8 Å². The van der Waals surface area contributed by atoms with Crippen LogP contribution in [0.25, 0.3) is 0 Å². The van der Waals surface area contributed by atoms with Crippen LogP contribution in [0.3, 0.4) is 0 Å². The van der Waals surface area contributed by atoms with Gasteiger partial charge >= 0.3 is 6.09 Å². The predicted molar refractivity (Wildman–Crippen MR) is 70.6 cm³/mol. The second kappa shape index (κ2) is 4.55. The first-order chi connectivity index (χ1) is 8.30. The summed E-state index contributed by atoms with van der Waals surface area (Å²) in [4.78, 5) is 13.5. The van der Waals surface area contributed by atoms with Gasteiger partial charge in [0.1, 0.15) is 11.2 Å². The fraction of sp³-hybridized carbons (Fsp3) is 0.615. The zero-order chi connectivity index (χ0) is 13.4. The smallest absolute Gasteiger partial charge is 0.410 e.